The Hall–Kier alpha value is -1.63. The molecule has 0 aliphatic heterocycles. The molecule has 1 rings (SSSR count). The van der Waals surface area contributed by atoms with Gasteiger partial charge in [-0.2, -0.15) is 13.2 Å². The monoisotopic (exact) mass is 276 g/mol. The molecule has 0 saturated carbocycles. The van der Waals surface area contributed by atoms with Gasteiger partial charge < -0.3 is 10.4 Å². The average Bonchev–Trinajstić information content (AvgIpc) is 2.34. The summed E-state index contributed by atoms with van der Waals surface area (Å²) in [6, 6.07) is 1.30. The maximum atomic E-state index is 12.7. The molecular formula is C12H15F3N2O2. The zero-order valence-electron chi connectivity index (χ0n) is 10.5. The second-order valence-electron chi connectivity index (χ2n) is 4.40. The third-order valence-electron chi connectivity index (χ3n) is 2.65. The first-order valence-electron chi connectivity index (χ1n) is 5.71. The van der Waals surface area contributed by atoms with Crippen LogP contribution in [-0.4, -0.2) is 28.6 Å². The summed E-state index contributed by atoms with van der Waals surface area (Å²) < 4.78 is 38.2. The molecule has 0 fully saturated rings. The van der Waals surface area contributed by atoms with Crippen LogP contribution in [0.3, 0.4) is 0 Å². The van der Waals surface area contributed by atoms with Crippen LogP contribution in [0.15, 0.2) is 18.3 Å². The fraction of sp³-hybridized carbons (Fsp3) is 0.500. The highest BCUT2D eigenvalue weighted by molar-refractivity contribution is 5.94. The summed E-state index contributed by atoms with van der Waals surface area (Å²) >= 11 is 0. The molecule has 7 heteroatoms. The van der Waals surface area contributed by atoms with Crippen LogP contribution in [0.1, 0.15) is 29.9 Å². The van der Waals surface area contributed by atoms with Gasteiger partial charge in [-0.05, 0) is 18.1 Å². The number of carbonyl (C=O) groups excluding carboxylic acids is 1. The number of nitrogens with one attached hydrogen (secondary N) is 1. The van der Waals surface area contributed by atoms with Crippen molar-refractivity contribution in [2.45, 2.75) is 26.1 Å². The van der Waals surface area contributed by atoms with E-state index in [1.54, 1.807) is 13.8 Å². The van der Waals surface area contributed by atoms with E-state index in [0.29, 0.717) is 0 Å². The highest BCUT2D eigenvalue weighted by atomic mass is 19.4. The topological polar surface area (TPSA) is 62.2 Å². The Labute approximate surface area is 108 Å². The van der Waals surface area contributed by atoms with Gasteiger partial charge >= 0.3 is 6.18 Å². The third kappa shape index (κ3) is 3.92. The Morgan fingerprint density at radius 2 is 2.11 bits per heavy atom. The number of pyridine rings is 1. The Bertz CT molecular complexity index is 447. The summed E-state index contributed by atoms with van der Waals surface area (Å²) in [6.45, 7) is 3.13. The number of aliphatic hydroxyl groups is 1. The minimum Gasteiger partial charge on any atom is -0.394 e. The lowest BCUT2D eigenvalue weighted by atomic mass is 10.0. The highest BCUT2D eigenvalue weighted by Gasteiger charge is 2.36. The van der Waals surface area contributed by atoms with E-state index in [1.165, 1.54) is 0 Å². The van der Waals surface area contributed by atoms with Gasteiger partial charge in [0.25, 0.3) is 5.91 Å². The Morgan fingerprint density at radius 3 is 2.58 bits per heavy atom. The number of amides is 1. The number of rotatable bonds is 4. The van der Waals surface area contributed by atoms with E-state index in [2.05, 4.69) is 10.3 Å². The molecule has 0 aliphatic rings. The molecular weight excluding hydrogens is 261 g/mol. The predicted octanol–water partition coefficient (Wildman–Crippen LogP) is 1.85. The van der Waals surface area contributed by atoms with E-state index in [1.807, 2.05) is 0 Å². The van der Waals surface area contributed by atoms with Crippen LogP contribution < -0.4 is 5.32 Å². The molecule has 0 unspecified atom stereocenters. The first-order valence-corrected chi connectivity index (χ1v) is 5.71. The van der Waals surface area contributed by atoms with Gasteiger partial charge in [0.15, 0.2) is 0 Å². The van der Waals surface area contributed by atoms with Crippen LogP contribution in [0.2, 0.25) is 0 Å². The normalized spacial score (nSPS) is 13.4. The second-order valence-corrected chi connectivity index (χ2v) is 4.40. The number of aromatic nitrogens is 1. The van der Waals surface area contributed by atoms with Crippen molar-refractivity contribution in [3.8, 4) is 0 Å². The minimum atomic E-state index is -4.65. The molecule has 1 aromatic heterocycles. The molecule has 4 nitrogen and oxygen atoms in total. The molecule has 0 bridgehead atoms. The van der Waals surface area contributed by atoms with Crippen molar-refractivity contribution in [1.29, 1.82) is 0 Å². The molecule has 0 aromatic carbocycles. The van der Waals surface area contributed by atoms with Gasteiger partial charge in [-0.15, -0.1) is 0 Å². The molecule has 1 heterocycles. The van der Waals surface area contributed by atoms with Crippen molar-refractivity contribution >= 4 is 5.91 Å². The smallest absolute Gasteiger partial charge is 0.394 e. The number of carbonyl (C=O) groups is 1. The van der Waals surface area contributed by atoms with Crippen molar-refractivity contribution < 1.29 is 23.1 Å². The van der Waals surface area contributed by atoms with Gasteiger partial charge in [0.2, 0.25) is 0 Å². The first kappa shape index (κ1) is 15.4. The van der Waals surface area contributed by atoms with Crippen LogP contribution in [0.25, 0.3) is 0 Å². The molecule has 2 N–H and O–H groups in total. The number of nitrogens with zero attached hydrogens (tertiary/aromatic N) is 1. The van der Waals surface area contributed by atoms with E-state index >= 15 is 0 Å². The Morgan fingerprint density at radius 1 is 1.47 bits per heavy atom. The van der Waals surface area contributed by atoms with E-state index in [0.717, 1.165) is 18.3 Å². The molecule has 0 radical (unpaired) electrons. The van der Waals surface area contributed by atoms with Crippen molar-refractivity contribution in [1.82, 2.24) is 10.3 Å². The number of alkyl halides is 3. The molecule has 106 valence electrons. The number of aliphatic hydroxyl groups excluding tert-OH is 1. The van der Waals surface area contributed by atoms with E-state index < -0.39 is 29.4 Å². The molecule has 0 saturated heterocycles. The van der Waals surface area contributed by atoms with Crippen molar-refractivity contribution in [2.24, 2.45) is 5.92 Å². The van der Waals surface area contributed by atoms with Crippen LogP contribution in [0, 0.1) is 5.92 Å². The van der Waals surface area contributed by atoms with Gasteiger partial charge in [-0.3, -0.25) is 9.78 Å². The fourth-order valence-corrected chi connectivity index (χ4v) is 1.47. The number of halogens is 3. The zero-order valence-corrected chi connectivity index (χ0v) is 10.5. The first-order chi connectivity index (χ1) is 8.77. The van der Waals surface area contributed by atoms with Gasteiger partial charge in [-0.1, -0.05) is 13.8 Å². The molecule has 1 aromatic rings. The van der Waals surface area contributed by atoms with E-state index in [-0.39, 0.29) is 12.5 Å². The van der Waals surface area contributed by atoms with Crippen molar-refractivity contribution in [3.63, 3.8) is 0 Å². The molecule has 1 amide bonds. The van der Waals surface area contributed by atoms with E-state index in [4.69, 9.17) is 5.11 Å². The third-order valence-corrected chi connectivity index (χ3v) is 2.65. The van der Waals surface area contributed by atoms with E-state index in [9.17, 15) is 18.0 Å². The minimum absolute atomic E-state index is 0.105. The summed E-state index contributed by atoms with van der Waals surface area (Å²) in [6.07, 6.45) is -3.53. The van der Waals surface area contributed by atoms with Crippen molar-refractivity contribution in [3.05, 3.63) is 29.6 Å². The van der Waals surface area contributed by atoms with Crippen LogP contribution in [-0.2, 0) is 6.18 Å². The summed E-state index contributed by atoms with van der Waals surface area (Å²) in [5.74, 6) is -1.05. The summed E-state index contributed by atoms with van der Waals surface area (Å²) in [7, 11) is 0. The quantitative estimate of drug-likeness (QED) is 0.882. The predicted molar refractivity (Wildman–Crippen MR) is 62.4 cm³/mol. The largest absolute Gasteiger partial charge is 0.418 e. The second kappa shape index (κ2) is 6.01. The fourth-order valence-electron chi connectivity index (χ4n) is 1.47. The maximum Gasteiger partial charge on any atom is 0.418 e. The van der Waals surface area contributed by atoms with Gasteiger partial charge in [0.1, 0.15) is 5.69 Å². The molecule has 0 spiro atoms. The van der Waals surface area contributed by atoms with Crippen LogP contribution in [0.4, 0.5) is 13.2 Å². The van der Waals surface area contributed by atoms with Crippen molar-refractivity contribution in [2.75, 3.05) is 6.61 Å². The Kier molecular flexibility index (Phi) is 4.88. The lowest BCUT2D eigenvalue weighted by Gasteiger charge is -2.20. The standard InChI is InChI=1S/C12H15F3N2O2/c1-7(2)9(6-18)17-11(19)10-8(12(13,14)15)4-3-5-16-10/h3-5,7,9,18H,6H2,1-2H3,(H,17,19)/t9-/m1/s1. The lowest BCUT2D eigenvalue weighted by molar-refractivity contribution is -0.138. The molecule has 19 heavy (non-hydrogen) atoms. The van der Waals surface area contributed by atoms with Crippen LogP contribution in [0.5, 0.6) is 0 Å². The van der Waals surface area contributed by atoms with Gasteiger partial charge in [0.05, 0.1) is 18.2 Å². The lowest BCUT2D eigenvalue weighted by Crippen LogP contribution is -2.42. The highest BCUT2D eigenvalue weighted by Crippen LogP contribution is 2.30. The summed E-state index contributed by atoms with van der Waals surface area (Å²) in [5.41, 5.74) is -1.78. The van der Waals surface area contributed by atoms with Gasteiger partial charge in [-0.25, -0.2) is 0 Å². The number of hydrogen-bond acceptors (Lipinski definition) is 3. The summed E-state index contributed by atoms with van der Waals surface area (Å²) in [5, 5.41) is 11.4. The average molecular weight is 276 g/mol. The number of hydrogen-bond donors (Lipinski definition) is 2. The Balaban J connectivity index is 3.01. The van der Waals surface area contributed by atoms with Crippen LogP contribution >= 0.6 is 0 Å². The maximum absolute atomic E-state index is 12.7. The SMILES string of the molecule is CC(C)[C@@H](CO)NC(=O)c1ncccc1C(F)(F)F. The zero-order chi connectivity index (χ0) is 14.6. The molecule has 0 aliphatic carbocycles. The summed E-state index contributed by atoms with van der Waals surface area (Å²) in [4.78, 5) is 15.3. The molecule has 1 atom stereocenters. The van der Waals surface area contributed by atoms with Gasteiger partial charge in [0, 0.05) is 6.20 Å².